The second-order valence-electron chi connectivity index (χ2n) is 16.1. The third-order valence-electron chi connectivity index (χ3n) is 10.9. The van der Waals surface area contributed by atoms with Crippen LogP contribution in [0.2, 0.25) is 0 Å². The minimum absolute atomic E-state index is 0.0224. The van der Waals surface area contributed by atoms with E-state index >= 15 is 0 Å². The lowest BCUT2D eigenvalue weighted by Gasteiger charge is -2.33. The van der Waals surface area contributed by atoms with Crippen LogP contribution >= 0.6 is 0 Å². The zero-order valence-electron chi connectivity index (χ0n) is 30.1. The van der Waals surface area contributed by atoms with Gasteiger partial charge in [0, 0.05) is 16.7 Å². The van der Waals surface area contributed by atoms with E-state index in [0.29, 0.717) is 17.5 Å². The van der Waals surface area contributed by atoms with Crippen molar-refractivity contribution in [2.24, 2.45) is 0 Å². The largest absolute Gasteiger partial charge is 0.208 e. The molecule has 0 amide bonds. The van der Waals surface area contributed by atoms with Crippen molar-refractivity contribution in [1.82, 2.24) is 15.0 Å². The van der Waals surface area contributed by atoms with Gasteiger partial charge in [0.2, 0.25) is 0 Å². The highest BCUT2D eigenvalue weighted by Gasteiger charge is 2.53. The maximum Gasteiger partial charge on any atom is 0.164 e. The first-order valence-electron chi connectivity index (χ1n) is 18.0. The van der Waals surface area contributed by atoms with Crippen molar-refractivity contribution in [3.05, 3.63) is 173 Å². The Hall–Kier alpha value is -5.67. The van der Waals surface area contributed by atoms with Gasteiger partial charge >= 0.3 is 0 Å². The molecule has 248 valence electrons. The molecule has 0 aliphatic heterocycles. The molecular formula is C48H41N3. The molecule has 0 N–H and O–H groups in total. The number of aromatic nitrogens is 3. The fraction of sp³-hybridized carbons (Fsp3) is 0.188. The second-order valence-corrected chi connectivity index (χ2v) is 16.1. The maximum absolute atomic E-state index is 5.31. The SMILES string of the molecule is CC(C)(C)c1ccc2c(c1)C1(c3ccccc3-c3ccccc31)c1cc(C(C)(C)C)cc(-c3nc(-c4ccccc4)nc(-c4ccccc4)n3)c1-2. The fourth-order valence-corrected chi connectivity index (χ4v) is 8.27. The van der Waals surface area contributed by atoms with E-state index in [2.05, 4.69) is 145 Å². The second kappa shape index (κ2) is 11.2. The predicted octanol–water partition coefficient (Wildman–Crippen LogP) is 11.8. The van der Waals surface area contributed by atoms with Crippen molar-refractivity contribution >= 4 is 0 Å². The first kappa shape index (κ1) is 31.3. The van der Waals surface area contributed by atoms with E-state index in [0.717, 1.165) is 16.7 Å². The Balaban J connectivity index is 1.44. The Morgan fingerprint density at radius 3 is 1.37 bits per heavy atom. The molecule has 0 saturated heterocycles. The third-order valence-corrected chi connectivity index (χ3v) is 10.9. The van der Waals surface area contributed by atoms with Crippen molar-refractivity contribution < 1.29 is 0 Å². The molecule has 0 radical (unpaired) electrons. The summed E-state index contributed by atoms with van der Waals surface area (Å²) in [6.07, 6.45) is 0. The summed E-state index contributed by atoms with van der Waals surface area (Å²) in [4.78, 5) is 15.7. The van der Waals surface area contributed by atoms with Crippen molar-refractivity contribution in [1.29, 1.82) is 0 Å². The van der Waals surface area contributed by atoms with Crippen LogP contribution in [-0.2, 0) is 16.2 Å². The van der Waals surface area contributed by atoms with Gasteiger partial charge in [-0.2, -0.15) is 0 Å². The highest BCUT2D eigenvalue weighted by Crippen LogP contribution is 2.64. The van der Waals surface area contributed by atoms with Crippen LogP contribution in [0.1, 0.15) is 74.9 Å². The molecule has 3 nitrogen and oxygen atoms in total. The summed E-state index contributed by atoms with van der Waals surface area (Å²) >= 11 is 0. The van der Waals surface area contributed by atoms with Gasteiger partial charge in [-0.3, -0.25) is 0 Å². The lowest BCUT2D eigenvalue weighted by molar-refractivity contribution is 0.586. The molecule has 0 atom stereocenters. The first-order valence-corrected chi connectivity index (χ1v) is 18.0. The van der Waals surface area contributed by atoms with Crippen LogP contribution in [0.5, 0.6) is 0 Å². The van der Waals surface area contributed by atoms with Crippen LogP contribution in [0.4, 0.5) is 0 Å². The van der Waals surface area contributed by atoms with Crippen LogP contribution in [0, 0.1) is 0 Å². The van der Waals surface area contributed by atoms with Gasteiger partial charge in [-0.15, -0.1) is 0 Å². The van der Waals surface area contributed by atoms with E-state index in [1.807, 2.05) is 36.4 Å². The minimum Gasteiger partial charge on any atom is -0.208 e. The van der Waals surface area contributed by atoms with Gasteiger partial charge in [-0.1, -0.05) is 175 Å². The van der Waals surface area contributed by atoms with Crippen LogP contribution in [0.15, 0.2) is 140 Å². The molecule has 6 aromatic carbocycles. The van der Waals surface area contributed by atoms with E-state index in [4.69, 9.17) is 15.0 Å². The number of nitrogens with zero attached hydrogens (tertiary/aromatic N) is 3. The quantitative estimate of drug-likeness (QED) is 0.189. The molecular weight excluding hydrogens is 619 g/mol. The van der Waals surface area contributed by atoms with Gasteiger partial charge in [0.15, 0.2) is 17.5 Å². The lowest BCUT2D eigenvalue weighted by Crippen LogP contribution is -2.27. The van der Waals surface area contributed by atoms with Crippen LogP contribution in [-0.4, -0.2) is 15.0 Å². The summed E-state index contributed by atoms with van der Waals surface area (Å²) in [5.74, 6) is 2.02. The van der Waals surface area contributed by atoms with E-state index in [1.165, 1.54) is 55.6 Å². The minimum atomic E-state index is -0.493. The molecule has 51 heavy (non-hydrogen) atoms. The maximum atomic E-state index is 5.31. The first-order chi connectivity index (χ1) is 24.5. The van der Waals surface area contributed by atoms with Gasteiger partial charge in [-0.05, 0) is 72.5 Å². The summed E-state index contributed by atoms with van der Waals surface area (Å²) < 4.78 is 0. The highest BCUT2D eigenvalue weighted by molar-refractivity contribution is 5.99. The van der Waals surface area contributed by atoms with Gasteiger partial charge in [0.05, 0.1) is 5.41 Å². The lowest BCUT2D eigenvalue weighted by atomic mass is 9.68. The van der Waals surface area contributed by atoms with Crippen molar-refractivity contribution in [2.45, 2.75) is 57.8 Å². The molecule has 9 rings (SSSR count). The molecule has 0 saturated carbocycles. The molecule has 0 bridgehead atoms. The van der Waals surface area contributed by atoms with Gasteiger partial charge in [0.1, 0.15) is 0 Å². The van der Waals surface area contributed by atoms with Crippen molar-refractivity contribution in [2.75, 3.05) is 0 Å². The molecule has 1 heterocycles. The standard InChI is InChI=1S/C48H41N3/c1-46(2,3)32-25-26-36-40(28-32)48(38-23-15-13-21-34(38)35-22-14-16-24-39(35)48)41-29-33(47(4,5)6)27-37(42(36)41)45-50-43(30-17-9-7-10-18-30)49-44(51-45)31-19-11-8-12-20-31/h7-29H,1-6H3. The smallest absolute Gasteiger partial charge is 0.164 e. The van der Waals surface area contributed by atoms with E-state index in [-0.39, 0.29) is 10.8 Å². The third kappa shape index (κ3) is 4.75. The van der Waals surface area contributed by atoms with Crippen LogP contribution in [0.3, 0.4) is 0 Å². The number of hydrogen-bond acceptors (Lipinski definition) is 3. The molecule has 1 aromatic heterocycles. The molecule has 2 aliphatic carbocycles. The van der Waals surface area contributed by atoms with E-state index < -0.39 is 5.41 Å². The van der Waals surface area contributed by atoms with Gasteiger partial charge in [0.25, 0.3) is 0 Å². The monoisotopic (exact) mass is 659 g/mol. The number of hydrogen-bond donors (Lipinski definition) is 0. The summed E-state index contributed by atoms with van der Waals surface area (Å²) in [6, 6.07) is 50.6. The number of benzene rings is 6. The Morgan fingerprint density at radius 1 is 0.373 bits per heavy atom. The topological polar surface area (TPSA) is 38.7 Å². The zero-order chi connectivity index (χ0) is 35.1. The number of rotatable bonds is 3. The molecule has 1 spiro atoms. The Morgan fingerprint density at radius 2 is 0.843 bits per heavy atom. The Labute approximate surface area is 301 Å². The van der Waals surface area contributed by atoms with E-state index in [1.54, 1.807) is 0 Å². The predicted molar refractivity (Wildman–Crippen MR) is 210 cm³/mol. The highest BCUT2D eigenvalue weighted by atomic mass is 15.0. The molecule has 7 aromatic rings. The average molecular weight is 660 g/mol. The molecule has 2 aliphatic rings. The van der Waals surface area contributed by atoms with Gasteiger partial charge in [-0.25, -0.2) is 15.0 Å². The Kier molecular flexibility index (Phi) is 6.86. The number of fused-ring (bicyclic) bond motifs is 10. The van der Waals surface area contributed by atoms with Crippen molar-refractivity contribution in [3.63, 3.8) is 0 Å². The normalized spacial score (nSPS) is 13.8. The van der Waals surface area contributed by atoms with E-state index in [9.17, 15) is 0 Å². The van der Waals surface area contributed by atoms with Crippen LogP contribution in [0.25, 0.3) is 56.4 Å². The molecule has 0 fully saturated rings. The Bertz CT molecular complexity index is 2380. The molecule has 3 heteroatoms. The summed E-state index contributed by atoms with van der Waals surface area (Å²) in [5, 5.41) is 0. The van der Waals surface area contributed by atoms with Crippen molar-refractivity contribution in [3.8, 4) is 56.4 Å². The molecule has 0 unspecified atom stereocenters. The van der Waals surface area contributed by atoms with Gasteiger partial charge < -0.3 is 0 Å². The fourth-order valence-electron chi connectivity index (χ4n) is 8.27. The zero-order valence-corrected chi connectivity index (χ0v) is 30.1. The summed E-state index contributed by atoms with van der Waals surface area (Å²) in [5.41, 5.74) is 15.2. The van der Waals surface area contributed by atoms with Crippen LogP contribution < -0.4 is 0 Å². The summed E-state index contributed by atoms with van der Waals surface area (Å²) in [7, 11) is 0. The summed E-state index contributed by atoms with van der Waals surface area (Å²) in [6.45, 7) is 13.8. The average Bonchev–Trinajstić information content (AvgIpc) is 3.61.